The summed E-state index contributed by atoms with van der Waals surface area (Å²) in [6, 6.07) is 6.41. The van der Waals surface area contributed by atoms with Crippen LogP contribution in [0.4, 0.5) is 0 Å². The molecule has 18 heavy (non-hydrogen) atoms. The highest BCUT2D eigenvalue weighted by Gasteiger charge is 2.15. The van der Waals surface area contributed by atoms with Crippen LogP contribution in [-0.4, -0.2) is 19.3 Å². The first-order valence-corrected chi connectivity index (χ1v) is 6.69. The Morgan fingerprint density at radius 2 is 1.89 bits per heavy atom. The molecule has 1 aliphatic heterocycles. The summed E-state index contributed by atoms with van der Waals surface area (Å²) in [5, 5.41) is 0. The maximum Gasteiger partial charge on any atom is 0.161 e. The smallest absolute Gasteiger partial charge is 0.161 e. The quantitative estimate of drug-likeness (QED) is 0.827. The Kier molecular flexibility index (Phi) is 3.24. The Morgan fingerprint density at radius 1 is 1.06 bits per heavy atom. The van der Waals surface area contributed by atoms with Gasteiger partial charge >= 0.3 is 0 Å². The first-order chi connectivity index (χ1) is 8.83. The lowest BCUT2D eigenvalue weighted by molar-refractivity contribution is 0.297. The zero-order chi connectivity index (χ0) is 12.4. The van der Waals surface area contributed by atoms with Crippen molar-refractivity contribution in [1.82, 2.24) is 0 Å². The molecule has 2 aliphatic rings. The molecular weight excluding hydrogens is 226 g/mol. The Hall–Kier alpha value is -1.48. The third kappa shape index (κ3) is 2.36. The van der Waals surface area contributed by atoms with Gasteiger partial charge in [-0.05, 0) is 42.5 Å². The van der Waals surface area contributed by atoms with E-state index >= 15 is 0 Å². The molecule has 1 aliphatic carbocycles. The highest BCUT2D eigenvalue weighted by atomic mass is 16.5. The third-order valence-corrected chi connectivity index (χ3v) is 3.52. The van der Waals surface area contributed by atoms with Crippen molar-refractivity contribution in [3.05, 3.63) is 29.8 Å². The van der Waals surface area contributed by atoms with Crippen LogP contribution in [0.1, 0.15) is 31.2 Å². The Labute approximate surface area is 108 Å². The zero-order valence-corrected chi connectivity index (χ0v) is 10.5. The lowest BCUT2D eigenvalue weighted by Crippen LogP contribution is -2.19. The van der Waals surface area contributed by atoms with E-state index in [1.54, 1.807) is 0 Å². The van der Waals surface area contributed by atoms with E-state index in [0.29, 0.717) is 0 Å². The van der Waals surface area contributed by atoms with Crippen molar-refractivity contribution >= 4 is 5.57 Å². The molecule has 0 aromatic heterocycles. The summed E-state index contributed by atoms with van der Waals surface area (Å²) in [5.41, 5.74) is 8.55. The van der Waals surface area contributed by atoms with Crippen molar-refractivity contribution in [2.75, 3.05) is 13.2 Å². The van der Waals surface area contributed by atoms with Gasteiger partial charge in [0, 0.05) is 12.5 Å². The predicted octanol–water partition coefficient (Wildman–Crippen LogP) is 2.74. The van der Waals surface area contributed by atoms with E-state index in [9.17, 15) is 0 Å². The van der Waals surface area contributed by atoms with Crippen LogP contribution in [0.3, 0.4) is 0 Å². The first-order valence-electron chi connectivity index (χ1n) is 6.69. The summed E-state index contributed by atoms with van der Waals surface area (Å²) >= 11 is 0. The molecule has 3 rings (SSSR count). The normalized spacial score (nSPS) is 23.2. The van der Waals surface area contributed by atoms with E-state index in [1.165, 1.54) is 17.6 Å². The Morgan fingerprint density at radius 3 is 2.72 bits per heavy atom. The van der Waals surface area contributed by atoms with Gasteiger partial charge < -0.3 is 15.2 Å². The molecule has 3 nitrogen and oxygen atoms in total. The second-order valence-electron chi connectivity index (χ2n) is 4.96. The fourth-order valence-electron chi connectivity index (χ4n) is 2.56. The van der Waals surface area contributed by atoms with E-state index in [-0.39, 0.29) is 6.04 Å². The second kappa shape index (κ2) is 5.02. The fourth-order valence-corrected chi connectivity index (χ4v) is 2.56. The lowest BCUT2D eigenvalue weighted by atomic mass is 9.91. The summed E-state index contributed by atoms with van der Waals surface area (Å²) in [5.74, 6) is 1.72. The average molecular weight is 245 g/mol. The van der Waals surface area contributed by atoms with Crippen molar-refractivity contribution in [3.8, 4) is 11.5 Å². The first kappa shape index (κ1) is 11.6. The molecule has 1 unspecified atom stereocenters. The minimum Gasteiger partial charge on any atom is -0.490 e. The number of benzene rings is 1. The van der Waals surface area contributed by atoms with Crippen LogP contribution in [0, 0.1) is 0 Å². The summed E-state index contributed by atoms with van der Waals surface area (Å²) < 4.78 is 11.4. The van der Waals surface area contributed by atoms with Crippen LogP contribution in [0.5, 0.6) is 11.5 Å². The molecule has 0 bridgehead atoms. The van der Waals surface area contributed by atoms with Crippen molar-refractivity contribution in [2.45, 2.75) is 31.7 Å². The number of nitrogens with two attached hydrogens (primary N) is 1. The second-order valence-corrected chi connectivity index (χ2v) is 4.96. The monoisotopic (exact) mass is 245 g/mol. The van der Waals surface area contributed by atoms with E-state index in [2.05, 4.69) is 18.2 Å². The fraction of sp³-hybridized carbons (Fsp3) is 0.467. The van der Waals surface area contributed by atoms with Gasteiger partial charge in [0.15, 0.2) is 11.5 Å². The third-order valence-electron chi connectivity index (χ3n) is 3.52. The molecule has 0 fully saturated rings. The van der Waals surface area contributed by atoms with E-state index in [0.717, 1.165) is 44.0 Å². The van der Waals surface area contributed by atoms with Crippen molar-refractivity contribution < 1.29 is 9.47 Å². The van der Waals surface area contributed by atoms with Crippen LogP contribution in [0.2, 0.25) is 0 Å². The van der Waals surface area contributed by atoms with E-state index < -0.39 is 0 Å². The molecule has 1 aromatic rings. The number of hydrogen-bond acceptors (Lipinski definition) is 3. The standard InChI is InChI=1S/C15H19NO2/c16-13-4-1-3-11(9-13)12-5-6-14-15(10-12)18-8-2-7-17-14/h5-6,9-10,13H,1-4,7-8,16H2. The summed E-state index contributed by atoms with van der Waals surface area (Å²) in [7, 11) is 0. The van der Waals surface area contributed by atoms with Gasteiger partial charge in [0.2, 0.25) is 0 Å². The Balaban J connectivity index is 1.91. The number of ether oxygens (including phenoxy) is 2. The molecule has 0 saturated heterocycles. The molecular formula is C15H19NO2. The molecule has 0 saturated carbocycles. The highest BCUT2D eigenvalue weighted by Crippen LogP contribution is 2.35. The largest absolute Gasteiger partial charge is 0.490 e. The molecule has 3 heteroatoms. The van der Waals surface area contributed by atoms with Gasteiger partial charge in [-0.3, -0.25) is 0 Å². The van der Waals surface area contributed by atoms with Crippen molar-refractivity contribution in [1.29, 1.82) is 0 Å². The van der Waals surface area contributed by atoms with Crippen LogP contribution >= 0.6 is 0 Å². The average Bonchev–Trinajstić information content (AvgIpc) is 2.63. The van der Waals surface area contributed by atoms with Crippen LogP contribution in [0.25, 0.3) is 5.57 Å². The minimum atomic E-state index is 0.199. The van der Waals surface area contributed by atoms with Gasteiger partial charge in [0.1, 0.15) is 0 Å². The molecule has 96 valence electrons. The van der Waals surface area contributed by atoms with Crippen LogP contribution in [-0.2, 0) is 0 Å². The summed E-state index contributed by atoms with van der Waals surface area (Å²) in [6.07, 6.45) is 6.49. The van der Waals surface area contributed by atoms with E-state index in [4.69, 9.17) is 15.2 Å². The van der Waals surface area contributed by atoms with Crippen molar-refractivity contribution in [2.24, 2.45) is 5.73 Å². The van der Waals surface area contributed by atoms with E-state index in [1.807, 2.05) is 6.07 Å². The van der Waals surface area contributed by atoms with Gasteiger partial charge in [-0.2, -0.15) is 0 Å². The number of allylic oxidation sites excluding steroid dienone is 1. The SMILES string of the molecule is NC1C=C(c2ccc3c(c2)OCCCO3)CCC1. The zero-order valence-electron chi connectivity index (χ0n) is 10.5. The maximum absolute atomic E-state index is 5.99. The van der Waals surface area contributed by atoms with Crippen LogP contribution in [0.15, 0.2) is 24.3 Å². The lowest BCUT2D eigenvalue weighted by Gasteiger charge is -2.19. The molecule has 1 aromatic carbocycles. The van der Waals surface area contributed by atoms with Gasteiger partial charge in [0.05, 0.1) is 13.2 Å². The van der Waals surface area contributed by atoms with Gasteiger partial charge in [-0.1, -0.05) is 12.1 Å². The van der Waals surface area contributed by atoms with Gasteiger partial charge in [-0.25, -0.2) is 0 Å². The van der Waals surface area contributed by atoms with Crippen LogP contribution < -0.4 is 15.2 Å². The Bertz CT molecular complexity index is 468. The molecule has 1 heterocycles. The molecule has 0 radical (unpaired) electrons. The van der Waals surface area contributed by atoms with Gasteiger partial charge in [0.25, 0.3) is 0 Å². The molecule has 0 spiro atoms. The molecule has 2 N–H and O–H groups in total. The summed E-state index contributed by atoms with van der Waals surface area (Å²) in [4.78, 5) is 0. The minimum absolute atomic E-state index is 0.199. The topological polar surface area (TPSA) is 44.5 Å². The van der Waals surface area contributed by atoms with Crippen molar-refractivity contribution in [3.63, 3.8) is 0 Å². The maximum atomic E-state index is 5.99. The number of hydrogen-bond donors (Lipinski definition) is 1. The number of fused-ring (bicyclic) bond motifs is 1. The summed E-state index contributed by atoms with van der Waals surface area (Å²) in [6.45, 7) is 1.47. The highest BCUT2D eigenvalue weighted by molar-refractivity contribution is 5.69. The number of rotatable bonds is 1. The van der Waals surface area contributed by atoms with Gasteiger partial charge in [-0.15, -0.1) is 0 Å². The predicted molar refractivity (Wildman–Crippen MR) is 71.9 cm³/mol. The molecule has 0 amide bonds. The molecule has 1 atom stereocenters.